The largest absolute Gasteiger partial charge is 0.381 e. The van der Waals surface area contributed by atoms with E-state index in [1.54, 1.807) is 4.31 Å². The number of piperidine rings is 1. The molecule has 0 unspecified atom stereocenters. The van der Waals surface area contributed by atoms with Crippen LogP contribution in [0.25, 0.3) is 0 Å². The number of hydrogen-bond donors (Lipinski definition) is 1. The third kappa shape index (κ3) is 5.22. The van der Waals surface area contributed by atoms with Crippen molar-refractivity contribution in [1.82, 2.24) is 9.62 Å². The molecule has 1 saturated heterocycles. The van der Waals surface area contributed by atoms with E-state index in [9.17, 15) is 8.42 Å². The molecule has 0 aromatic rings. The van der Waals surface area contributed by atoms with Crippen LogP contribution in [0.2, 0.25) is 0 Å². The molecule has 0 bridgehead atoms. The minimum Gasteiger partial charge on any atom is -0.381 e. The Hall–Kier alpha value is -0.170. The summed E-state index contributed by atoms with van der Waals surface area (Å²) in [7, 11) is -3.11. The molecule has 5 nitrogen and oxygen atoms in total. The fraction of sp³-hybridized carbons (Fsp3) is 1.00. The molecule has 0 aromatic heterocycles. The molecule has 0 aliphatic carbocycles. The molecule has 18 heavy (non-hydrogen) atoms. The third-order valence-electron chi connectivity index (χ3n) is 3.34. The highest BCUT2D eigenvalue weighted by Crippen LogP contribution is 2.19. The summed E-state index contributed by atoms with van der Waals surface area (Å²) in [5.74, 6) is 0.724. The first-order chi connectivity index (χ1) is 8.60. The molecule has 6 heteroatoms. The first-order valence-corrected chi connectivity index (χ1v) is 8.47. The Morgan fingerprint density at radius 2 is 1.94 bits per heavy atom. The van der Waals surface area contributed by atoms with E-state index in [1.165, 1.54) is 0 Å². The Balaban J connectivity index is 2.32. The van der Waals surface area contributed by atoms with Crippen LogP contribution in [0.15, 0.2) is 0 Å². The molecule has 0 spiro atoms. The van der Waals surface area contributed by atoms with Crippen LogP contribution >= 0.6 is 0 Å². The number of hydrogen-bond acceptors (Lipinski definition) is 4. The Morgan fingerprint density at radius 1 is 1.28 bits per heavy atom. The number of nitrogens with zero attached hydrogens (tertiary/aromatic N) is 1. The minimum atomic E-state index is -3.11. The van der Waals surface area contributed by atoms with Crippen LogP contribution in [0.1, 0.15) is 26.7 Å². The maximum atomic E-state index is 12.0. The monoisotopic (exact) mass is 278 g/mol. The standard InChI is InChI=1S/C12H26N2O3S/c1-3-13-11-12-5-7-14(8-6-12)18(15,16)10-9-17-4-2/h12-13H,3-11H2,1-2H3. The Labute approximate surface area is 111 Å². The molecule has 1 aliphatic rings. The van der Waals surface area contributed by atoms with Crippen molar-refractivity contribution in [3.8, 4) is 0 Å². The summed E-state index contributed by atoms with van der Waals surface area (Å²) in [5, 5.41) is 3.33. The molecule has 1 heterocycles. The fourth-order valence-corrected chi connectivity index (χ4v) is 3.53. The van der Waals surface area contributed by atoms with Gasteiger partial charge in [0.05, 0.1) is 12.4 Å². The third-order valence-corrected chi connectivity index (χ3v) is 5.17. The number of rotatable bonds is 8. The van der Waals surface area contributed by atoms with Crippen LogP contribution in [-0.2, 0) is 14.8 Å². The van der Waals surface area contributed by atoms with E-state index in [2.05, 4.69) is 12.2 Å². The van der Waals surface area contributed by atoms with Gasteiger partial charge in [0, 0.05) is 19.7 Å². The molecule has 108 valence electrons. The van der Waals surface area contributed by atoms with Crippen LogP contribution in [0, 0.1) is 5.92 Å². The van der Waals surface area contributed by atoms with Gasteiger partial charge in [0.25, 0.3) is 0 Å². The molecule has 0 atom stereocenters. The second kappa shape index (κ2) is 8.09. The lowest BCUT2D eigenvalue weighted by Gasteiger charge is -2.31. The van der Waals surface area contributed by atoms with E-state index < -0.39 is 10.0 Å². The van der Waals surface area contributed by atoms with Crippen LogP contribution in [0.4, 0.5) is 0 Å². The molecule has 1 rings (SSSR count). The highest BCUT2D eigenvalue weighted by atomic mass is 32.2. The molecule has 1 aliphatic heterocycles. The Morgan fingerprint density at radius 3 is 2.50 bits per heavy atom. The topological polar surface area (TPSA) is 58.6 Å². The van der Waals surface area contributed by atoms with Gasteiger partial charge in [-0.2, -0.15) is 0 Å². The van der Waals surface area contributed by atoms with Gasteiger partial charge in [0.2, 0.25) is 10.0 Å². The maximum Gasteiger partial charge on any atom is 0.216 e. The molecule has 1 fully saturated rings. The lowest BCUT2D eigenvalue weighted by atomic mass is 9.98. The molecule has 0 saturated carbocycles. The van der Waals surface area contributed by atoms with Crippen molar-refractivity contribution >= 4 is 10.0 Å². The highest BCUT2D eigenvalue weighted by molar-refractivity contribution is 7.89. The summed E-state index contributed by atoms with van der Waals surface area (Å²) in [6.45, 7) is 8.13. The Kier molecular flexibility index (Phi) is 7.14. The van der Waals surface area contributed by atoms with E-state index in [1.807, 2.05) is 6.92 Å². The SMILES string of the molecule is CCNCC1CCN(S(=O)(=O)CCOCC)CC1. The summed E-state index contributed by atoms with van der Waals surface area (Å²) in [4.78, 5) is 0. The summed E-state index contributed by atoms with van der Waals surface area (Å²) in [6.07, 6.45) is 1.92. The molecular formula is C12H26N2O3S. The van der Waals surface area contributed by atoms with Crippen molar-refractivity contribution in [2.24, 2.45) is 5.92 Å². The number of ether oxygens (including phenoxy) is 1. The predicted octanol–water partition coefficient (Wildman–Crippen LogP) is 0.674. The lowest BCUT2D eigenvalue weighted by Crippen LogP contribution is -2.42. The van der Waals surface area contributed by atoms with Crippen molar-refractivity contribution in [2.45, 2.75) is 26.7 Å². The van der Waals surface area contributed by atoms with Gasteiger partial charge in [-0.25, -0.2) is 12.7 Å². The van der Waals surface area contributed by atoms with Gasteiger partial charge in [-0.3, -0.25) is 0 Å². The first-order valence-electron chi connectivity index (χ1n) is 6.86. The first kappa shape index (κ1) is 15.9. The fourth-order valence-electron chi connectivity index (χ4n) is 2.18. The van der Waals surface area contributed by atoms with E-state index in [-0.39, 0.29) is 5.75 Å². The number of sulfonamides is 1. The average molecular weight is 278 g/mol. The van der Waals surface area contributed by atoms with Gasteiger partial charge in [0.1, 0.15) is 0 Å². The van der Waals surface area contributed by atoms with Crippen LogP contribution in [-0.4, -0.2) is 57.9 Å². The van der Waals surface area contributed by atoms with Crippen molar-refractivity contribution in [2.75, 3.05) is 45.1 Å². The van der Waals surface area contributed by atoms with E-state index in [4.69, 9.17) is 4.74 Å². The number of nitrogens with one attached hydrogen (secondary N) is 1. The predicted molar refractivity (Wildman–Crippen MR) is 73.1 cm³/mol. The van der Waals surface area contributed by atoms with Crippen molar-refractivity contribution in [3.63, 3.8) is 0 Å². The van der Waals surface area contributed by atoms with Gasteiger partial charge in [0.15, 0.2) is 0 Å². The second-order valence-electron chi connectivity index (χ2n) is 4.66. The zero-order chi connectivity index (χ0) is 13.4. The quantitative estimate of drug-likeness (QED) is 0.663. The lowest BCUT2D eigenvalue weighted by molar-refractivity contribution is 0.161. The second-order valence-corrected chi connectivity index (χ2v) is 6.75. The summed E-state index contributed by atoms with van der Waals surface area (Å²) in [6, 6.07) is 0. The van der Waals surface area contributed by atoms with Gasteiger partial charge in [-0.05, 0) is 38.8 Å². The zero-order valence-corrected chi connectivity index (χ0v) is 12.3. The molecule has 0 radical (unpaired) electrons. The minimum absolute atomic E-state index is 0.110. The van der Waals surface area contributed by atoms with Gasteiger partial charge in [-0.15, -0.1) is 0 Å². The molecule has 0 amide bonds. The summed E-state index contributed by atoms with van der Waals surface area (Å²) in [5.41, 5.74) is 0. The maximum absolute atomic E-state index is 12.0. The van der Waals surface area contributed by atoms with E-state index in [0.717, 1.165) is 25.9 Å². The van der Waals surface area contributed by atoms with Crippen LogP contribution in [0.5, 0.6) is 0 Å². The highest BCUT2D eigenvalue weighted by Gasteiger charge is 2.27. The summed E-state index contributed by atoms with van der Waals surface area (Å²) < 4.78 is 30.8. The van der Waals surface area contributed by atoms with Crippen LogP contribution in [0.3, 0.4) is 0 Å². The van der Waals surface area contributed by atoms with Crippen molar-refractivity contribution in [3.05, 3.63) is 0 Å². The summed E-state index contributed by atoms with van der Waals surface area (Å²) >= 11 is 0. The normalized spacial score (nSPS) is 19.2. The van der Waals surface area contributed by atoms with E-state index >= 15 is 0 Å². The van der Waals surface area contributed by atoms with Gasteiger partial charge < -0.3 is 10.1 Å². The average Bonchev–Trinajstić information content (AvgIpc) is 2.37. The van der Waals surface area contributed by atoms with Crippen molar-refractivity contribution in [1.29, 1.82) is 0 Å². The van der Waals surface area contributed by atoms with Gasteiger partial charge >= 0.3 is 0 Å². The molecule has 1 N–H and O–H groups in total. The Bertz CT molecular complexity index is 311. The molecule has 0 aromatic carbocycles. The van der Waals surface area contributed by atoms with Crippen molar-refractivity contribution < 1.29 is 13.2 Å². The van der Waals surface area contributed by atoms with E-state index in [0.29, 0.717) is 32.2 Å². The smallest absolute Gasteiger partial charge is 0.216 e. The van der Waals surface area contributed by atoms with Gasteiger partial charge in [-0.1, -0.05) is 6.92 Å². The van der Waals surface area contributed by atoms with Crippen LogP contribution < -0.4 is 5.32 Å². The zero-order valence-electron chi connectivity index (χ0n) is 11.5. The molecular weight excluding hydrogens is 252 g/mol.